The SMILES string of the molecule is Cc1cc2c3ccccc3n(-c3ccccc3)c2cc1-c1nc2ccc3ccccc3c2c[n+]1C. The topological polar surface area (TPSA) is 21.7 Å². The van der Waals surface area contributed by atoms with E-state index in [0.29, 0.717) is 0 Å². The number of fused-ring (bicyclic) bond motifs is 6. The third kappa shape index (κ3) is 2.98. The van der Waals surface area contributed by atoms with Gasteiger partial charge in [-0.25, -0.2) is 4.57 Å². The maximum Gasteiger partial charge on any atom is 0.331 e. The Hall–Kier alpha value is -4.50. The van der Waals surface area contributed by atoms with Crippen LogP contribution in [0.15, 0.2) is 109 Å². The van der Waals surface area contributed by atoms with Crippen molar-refractivity contribution in [1.29, 1.82) is 0 Å². The summed E-state index contributed by atoms with van der Waals surface area (Å²) in [7, 11) is 2.10. The van der Waals surface area contributed by atoms with E-state index in [4.69, 9.17) is 4.98 Å². The lowest BCUT2D eigenvalue weighted by atomic mass is 10.0. The molecule has 7 aromatic rings. The number of hydrogen-bond acceptors (Lipinski definition) is 1. The van der Waals surface area contributed by atoms with Crippen molar-refractivity contribution in [1.82, 2.24) is 9.55 Å². The van der Waals surface area contributed by atoms with Crippen molar-refractivity contribution in [2.75, 3.05) is 0 Å². The summed E-state index contributed by atoms with van der Waals surface area (Å²) in [6, 6.07) is 36.7. The summed E-state index contributed by atoms with van der Waals surface area (Å²) >= 11 is 0. The Kier molecular flexibility index (Phi) is 4.27. The molecule has 0 atom stereocenters. The molecule has 3 nitrogen and oxygen atoms in total. The van der Waals surface area contributed by atoms with Gasteiger partial charge in [0.2, 0.25) is 0 Å². The predicted molar refractivity (Wildman–Crippen MR) is 145 cm³/mol. The fourth-order valence-corrected chi connectivity index (χ4v) is 5.43. The van der Waals surface area contributed by atoms with Gasteiger partial charge in [-0.1, -0.05) is 60.7 Å². The summed E-state index contributed by atoms with van der Waals surface area (Å²) in [5.41, 5.74) is 6.95. The zero-order valence-electron chi connectivity index (χ0n) is 19.7. The first-order chi connectivity index (χ1) is 17.2. The van der Waals surface area contributed by atoms with Crippen LogP contribution in [0.1, 0.15) is 5.56 Å². The van der Waals surface area contributed by atoms with E-state index in [9.17, 15) is 0 Å². The lowest BCUT2D eigenvalue weighted by molar-refractivity contribution is -0.661. The molecule has 0 saturated carbocycles. The minimum atomic E-state index is 0.969. The molecule has 35 heavy (non-hydrogen) atoms. The molecule has 0 unspecified atom stereocenters. The van der Waals surface area contributed by atoms with E-state index in [-0.39, 0.29) is 0 Å². The Bertz CT molecular complexity index is 1910. The molecule has 0 aliphatic carbocycles. The molecular weight excluding hydrogens is 426 g/mol. The van der Waals surface area contributed by atoms with Gasteiger partial charge in [-0.2, -0.15) is 0 Å². The molecule has 0 spiro atoms. The maximum atomic E-state index is 5.17. The number of hydrogen-bond donors (Lipinski definition) is 0. The Labute approximate surface area is 203 Å². The number of rotatable bonds is 2. The van der Waals surface area contributed by atoms with Gasteiger partial charge in [0.05, 0.1) is 29.0 Å². The van der Waals surface area contributed by atoms with Crippen molar-refractivity contribution in [2.45, 2.75) is 6.92 Å². The third-order valence-corrected chi connectivity index (χ3v) is 7.10. The van der Waals surface area contributed by atoms with Crippen LogP contribution in [0.25, 0.3) is 60.6 Å². The van der Waals surface area contributed by atoms with E-state index in [1.54, 1.807) is 0 Å². The van der Waals surface area contributed by atoms with E-state index >= 15 is 0 Å². The van der Waals surface area contributed by atoms with Crippen molar-refractivity contribution in [3.63, 3.8) is 0 Å². The second-order valence-electron chi connectivity index (χ2n) is 9.27. The summed E-state index contributed by atoms with van der Waals surface area (Å²) < 4.78 is 4.53. The second kappa shape index (κ2) is 7.51. The molecule has 0 bridgehead atoms. The van der Waals surface area contributed by atoms with Gasteiger partial charge in [-0.05, 0) is 70.7 Å². The molecule has 2 aromatic heterocycles. The summed E-state index contributed by atoms with van der Waals surface area (Å²) in [6.45, 7) is 2.19. The first-order valence-corrected chi connectivity index (χ1v) is 12.0. The Morgan fingerprint density at radius 2 is 1.40 bits per heavy atom. The van der Waals surface area contributed by atoms with Crippen molar-refractivity contribution in [3.05, 3.63) is 115 Å². The highest BCUT2D eigenvalue weighted by atomic mass is 15.0. The highest BCUT2D eigenvalue weighted by molar-refractivity contribution is 6.10. The number of aromatic nitrogens is 3. The fourth-order valence-electron chi connectivity index (χ4n) is 5.43. The van der Waals surface area contributed by atoms with Gasteiger partial charge in [0.1, 0.15) is 6.20 Å². The van der Waals surface area contributed by atoms with Crippen molar-refractivity contribution >= 4 is 43.5 Å². The van der Waals surface area contributed by atoms with Crippen LogP contribution in [0, 0.1) is 6.92 Å². The average Bonchev–Trinajstić information content (AvgIpc) is 3.21. The molecule has 0 aliphatic rings. The van der Waals surface area contributed by atoms with Crippen LogP contribution >= 0.6 is 0 Å². The minimum absolute atomic E-state index is 0.969. The first-order valence-electron chi connectivity index (χ1n) is 12.0. The van der Waals surface area contributed by atoms with Crippen molar-refractivity contribution in [3.8, 4) is 17.1 Å². The van der Waals surface area contributed by atoms with Crippen LogP contribution in [-0.2, 0) is 7.05 Å². The number of aryl methyl sites for hydroxylation is 2. The number of nitrogens with zero attached hydrogens (tertiary/aromatic N) is 3. The van der Waals surface area contributed by atoms with E-state index in [1.165, 1.54) is 43.5 Å². The van der Waals surface area contributed by atoms with Gasteiger partial charge in [0.15, 0.2) is 5.52 Å². The normalized spacial score (nSPS) is 11.7. The minimum Gasteiger partial charge on any atom is -0.309 e. The van der Waals surface area contributed by atoms with Crippen LogP contribution in [0.3, 0.4) is 0 Å². The van der Waals surface area contributed by atoms with Gasteiger partial charge in [0, 0.05) is 16.5 Å². The molecule has 2 heterocycles. The first kappa shape index (κ1) is 19.9. The Morgan fingerprint density at radius 3 is 2.26 bits per heavy atom. The summed E-state index contributed by atoms with van der Waals surface area (Å²) in [5, 5.41) is 6.17. The Balaban J connectivity index is 1.54. The van der Waals surface area contributed by atoms with Crippen LogP contribution in [0.5, 0.6) is 0 Å². The van der Waals surface area contributed by atoms with Crippen LogP contribution < -0.4 is 4.57 Å². The standard InChI is InChI=1S/C32H24N3/c1-21-18-27-25-14-8-9-15-30(25)35(23-11-4-3-5-12-23)31(27)19-26(21)32-33-29-17-16-22-10-6-7-13-24(22)28(29)20-34(32)2/h3-20H,1-2H3/q+1. The van der Waals surface area contributed by atoms with Gasteiger partial charge >= 0.3 is 5.82 Å². The maximum absolute atomic E-state index is 5.17. The zero-order valence-corrected chi connectivity index (χ0v) is 19.7. The predicted octanol–water partition coefficient (Wildman–Crippen LogP) is 7.29. The lowest BCUT2D eigenvalue weighted by Crippen LogP contribution is -2.32. The van der Waals surface area contributed by atoms with Crippen LogP contribution in [0.2, 0.25) is 0 Å². The smallest absolute Gasteiger partial charge is 0.309 e. The highest BCUT2D eigenvalue weighted by Gasteiger charge is 2.22. The van der Waals surface area contributed by atoms with Crippen LogP contribution in [-0.4, -0.2) is 9.55 Å². The molecule has 0 aliphatic heterocycles. The van der Waals surface area contributed by atoms with E-state index in [1.807, 2.05) is 0 Å². The van der Waals surface area contributed by atoms with E-state index < -0.39 is 0 Å². The van der Waals surface area contributed by atoms with Crippen LogP contribution in [0.4, 0.5) is 0 Å². The molecule has 0 amide bonds. The third-order valence-electron chi connectivity index (χ3n) is 7.10. The summed E-state index contributed by atoms with van der Waals surface area (Å²) in [5.74, 6) is 0.969. The molecule has 166 valence electrons. The molecule has 3 heteroatoms. The number of benzene rings is 5. The quantitative estimate of drug-likeness (QED) is 0.200. The molecule has 0 N–H and O–H groups in total. The van der Waals surface area contributed by atoms with Crippen molar-refractivity contribution in [2.24, 2.45) is 7.05 Å². The van der Waals surface area contributed by atoms with E-state index in [2.05, 4.69) is 132 Å². The molecule has 5 aromatic carbocycles. The molecule has 0 saturated heterocycles. The lowest BCUT2D eigenvalue weighted by Gasteiger charge is -2.10. The monoisotopic (exact) mass is 450 g/mol. The summed E-state index contributed by atoms with van der Waals surface area (Å²) in [4.78, 5) is 5.17. The molecule has 0 fully saturated rings. The van der Waals surface area contributed by atoms with Gasteiger partial charge < -0.3 is 4.57 Å². The number of para-hydroxylation sites is 2. The highest BCUT2D eigenvalue weighted by Crippen LogP contribution is 2.36. The molecular formula is C32H24N3+. The second-order valence-corrected chi connectivity index (χ2v) is 9.27. The molecule has 7 rings (SSSR count). The van der Waals surface area contributed by atoms with Gasteiger partial charge in [0.25, 0.3) is 0 Å². The largest absolute Gasteiger partial charge is 0.331 e. The van der Waals surface area contributed by atoms with E-state index in [0.717, 1.165) is 22.6 Å². The van der Waals surface area contributed by atoms with Crippen molar-refractivity contribution < 1.29 is 4.57 Å². The average molecular weight is 451 g/mol. The van der Waals surface area contributed by atoms with Gasteiger partial charge in [-0.3, -0.25) is 0 Å². The molecule has 0 radical (unpaired) electrons. The fraction of sp³-hybridized carbons (Fsp3) is 0.0625. The Morgan fingerprint density at radius 1 is 0.657 bits per heavy atom. The van der Waals surface area contributed by atoms with Gasteiger partial charge in [-0.15, -0.1) is 0 Å². The zero-order chi connectivity index (χ0) is 23.5. The summed E-state index contributed by atoms with van der Waals surface area (Å²) in [6.07, 6.45) is 2.22.